The molecule has 82 valence electrons. The summed E-state index contributed by atoms with van der Waals surface area (Å²) in [7, 11) is 0. The Morgan fingerprint density at radius 2 is 2.07 bits per heavy atom. The van der Waals surface area contributed by atoms with E-state index >= 15 is 0 Å². The molecule has 1 unspecified atom stereocenters. The molecule has 1 heterocycles. The summed E-state index contributed by atoms with van der Waals surface area (Å²) in [5.74, 6) is 0.152. The van der Waals surface area contributed by atoms with Gasteiger partial charge >= 0.3 is 0 Å². The fourth-order valence-electron chi connectivity index (χ4n) is 1.68. The molecule has 1 atom stereocenters. The number of nitrogens with two attached hydrogens (primary N) is 1. The molecule has 0 aliphatic carbocycles. The van der Waals surface area contributed by atoms with Crippen molar-refractivity contribution >= 4 is 5.84 Å². The molecule has 1 saturated heterocycles. The van der Waals surface area contributed by atoms with E-state index in [0.717, 1.165) is 0 Å². The predicted octanol–water partition coefficient (Wildman–Crippen LogP) is -0.870. The summed E-state index contributed by atoms with van der Waals surface area (Å²) in [6, 6.07) is -0.0711. The number of piperidine rings is 1. The average Bonchev–Trinajstić information content (AvgIpc) is 2.18. The molecule has 5 N–H and O–H groups in total. The van der Waals surface area contributed by atoms with Gasteiger partial charge in [-0.25, -0.2) is 0 Å². The first-order chi connectivity index (χ1) is 6.48. The van der Waals surface area contributed by atoms with Crippen LogP contribution in [-0.2, 0) is 0 Å². The van der Waals surface area contributed by atoms with Gasteiger partial charge in [-0.05, 0) is 19.8 Å². The van der Waals surface area contributed by atoms with Crippen molar-refractivity contribution in [1.82, 2.24) is 4.90 Å². The molecule has 0 spiro atoms. The van der Waals surface area contributed by atoms with Crippen molar-refractivity contribution in [2.45, 2.75) is 31.4 Å². The van der Waals surface area contributed by atoms with Crippen molar-refractivity contribution in [3.05, 3.63) is 0 Å². The molecule has 0 radical (unpaired) electrons. The molecule has 0 bridgehead atoms. The molecule has 0 amide bonds. The van der Waals surface area contributed by atoms with Crippen LogP contribution in [0.5, 0.6) is 0 Å². The van der Waals surface area contributed by atoms with Crippen LogP contribution in [0.4, 0.5) is 0 Å². The summed E-state index contributed by atoms with van der Waals surface area (Å²) in [5, 5.41) is 26.0. The van der Waals surface area contributed by atoms with Crippen molar-refractivity contribution in [2.75, 3.05) is 19.7 Å². The number of hydrogen-bond donors (Lipinski definition) is 4. The highest BCUT2D eigenvalue weighted by Gasteiger charge is 2.33. The third kappa shape index (κ3) is 2.43. The Balaban J connectivity index is 2.47. The lowest BCUT2D eigenvalue weighted by molar-refractivity contribution is -0.0614. The van der Waals surface area contributed by atoms with Gasteiger partial charge in [0.05, 0.1) is 18.2 Å². The summed E-state index contributed by atoms with van der Waals surface area (Å²) in [5.41, 5.74) is 4.47. The summed E-state index contributed by atoms with van der Waals surface area (Å²) in [6.45, 7) is 3.05. The van der Waals surface area contributed by atoms with Crippen LogP contribution in [0.3, 0.4) is 0 Å². The zero-order valence-corrected chi connectivity index (χ0v) is 8.53. The molecule has 5 nitrogen and oxygen atoms in total. The molecular weight excluding hydrogens is 182 g/mol. The first kappa shape index (κ1) is 11.4. The Hall–Kier alpha value is -0.650. The topological polar surface area (TPSA) is 93.6 Å². The lowest BCUT2D eigenvalue weighted by Gasteiger charge is -2.39. The zero-order chi connectivity index (χ0) is 10.8. The van der Waals surface area contributed by atoms with Gasteiger partial charge in [0.15, 0.2) is 0 Å². The van der Waals surface area contributed by atoms with Gasteiger partial charge in [0.1, 0.15) is 5.84 Å². The van der Waals surface area contributed by atoms with Gasteiger partial charge in [0.25, 0.3) is 0 Å². The normalized spacial score (nSPS) is 24.5. The minimum Gasteiger partial charge on any atom is -0.393 e. The van der Waals surface area contributed by atoms with Crippen molar-refractivity contribution in [1.29, 1.82) is 5.41 Å². The smallest absolute Gasteiger partial charge is 0.108 e. The SMILES string of the molecule is CC(C(=N)N)N1CCC(O)(CO)CC1. The number of nitrogens with zero attached hydrogens (tertiary/aromatic N) is 1. The monoisotopic (exact) mass is 201 g/mol. The van der Waals surface area contributed by atoms with E-state index in [1.54, 1.807) is 0 Å². The van der Waals surface area contributed by atoms with Gasteiger partial charge in [-0.15, -0.1) is 0 Å². The fraction of sp³-hybridized carbons (Fsp3) is 0.889. The average molecular weight is 201 g/mol. The molecule has 0 aromatic rings. The molecular formula is C9H19N3O2. The quantitative estimate of drug-likeness (QED) is 0.353. The Morgan fingerprint density at radius 1 is 1.57 bits per heavy atom. The summed E-state index contributed by atoms with van der Waals surface area (Å²) in [6.07, 6.45) is 1.09. The van der Waals surface area contributed by atoms with Gasteiger partial charge in [-0.1, -0.05) is 0 Å². The lowest BCUT2D eigenvalue weighted by Crippen LogP contribution is -2.52. The van der Waals surface area contributed by atoms with E-state index in [2.05, 4.69) is 0 Å². The second kappa shape index (κ2) is 4.25. The van der Waals surface area contributed by atoms with Crippen molar-refractivity contribution in [2.24, 2.45) is 5.73 Å². The van der Waals surface area contributed by atoms with Crippen LogP contribution < -0.4 is 5.73 Å². The van der Waals surface area contributed by atoms with Crippen LogP contribution in [0.1, 0.15) is 19.8 Å². The minimum absolute atomic E-state index is 0.0711. The van der Waals surface area contributed by atoms with E-state index in [0.29, 0.717) is 25.9 Å². The maximum absolute atomic E-state index is 9.76. The van der Waals surface area contributed by atoms with Crippen molar-refractivity contribution in [3.63, 3.8) is 0 Å². The standard InChI is InChI=1S/C9H19N3O2/c1-7(8(10)11)12-4-2-9(14,6-13)3-5-12/h7,13-14H,2-6H2,1H3,(H3,10,11). The van der Waals surface area contributed by atoms with E-state index in [1.807, 2.05) is 11.8 Å². The van der Waals surface area contributed by atoms with Gasteiger partial charge in [0, 0.05) is 13.1 Å². The van der Waals surface area contributed by atoms with E-state index in [9.17, 15) is 5.11 Å². The van der Waals surface area contributed by atoms with Crippen LogP contribution in [-0.4, -0.2) is 52.3 Å². The summed E-state index contributed by atoms with van der Waals surface area (Å²) in [4.78, 5) is 2.05. The molecule has 1 aliphatic heterocycles. The van der Waals surface area contributed by atoms with Gasteiger partial charge in [-0.3, -0.25) is 10.3 Å². The molecule has 0 aromatic heterocycles. The second-order valence-electron chi connectivity index (χ2n) is 4.05. The Bertz CT molecular complexity index is 212. The van der Waals surface area contributed by atoms with Crippen LogP contribution >= 0.6 is 0 Å². The molecule has 14 heavy (non-hydrogen) atoms. The van der Waals surface area contributed by atoms with Crippen LogP contribution in [0.15, 0.2) is 0 Å². The number of amidine groups is 1. The van der Waals surface area contributed by atoms with Crippen molar-refractivity contribution in [3.8, 4) is 0 Å². The first-order valence-electron chi connectivity index (χ1n) is 4.90. The highest BCUT2D eigenvalue weighted by molar-refractivity contribution is 5.82. The van der Waals surface area contributed by atoms with Crippen LogP contribution in [0, 0.1) is 5.41 Å². The molecule has 0 aromatic carbocycles. The molecule has 5 heteroatoms. The third-order valence-corrected chi connectivity index (χ3v) is 3.02. The highest BCUT2D eigenvalue weighted by Crippen LogP contribution is 2.22. The summed E-state index contributed by atoms with van der Waals surface area (Å²) < 4.78 is 0. The van der Waals surface area contributed by atoms with E-state index in [-0.39, 0.29) is 18.5 Å². The molecule has 1 rings (SSSR count). The van der Waals surface area contributed by atoms with Gasteiger partial charge < -0.3 is 15.9 Å². The first-order valence-corrected chi connectivity index (χ1v) is 4.90. The Morgan fingerprint density at radius 3 is 2.43 bits per heavy atom. The van der Waals surface area contributed by atoms with Crippen molar-refractivity contribution < 1.29 is 10.2 Å². The maximum atomic E-state index is 9.76. The highest BCUT2D eigenvalue weighted by atomic mass is 16.3. The Kier molecular flexibility index (Phi) is 3.47. The minimum atomic E-state index is -0.924. The number of nitrogens with one attached hydrogen (secondary N) is 1. The van der Waals surface area contributed by atoms with Gasteiger partial charge in [-0.2, -0.15) is 0 Å². The second-order valence-corrected chi connectivity index (χ2v) is 4.05. The number of rotatable bonds is 3. The predicted molar refractivity (Wildman–Crippen MR) is 54.2 cm³/mol. The van der Waals surface area contributed by atoms with E-state index < -0.39 is 5.60 Å². The lowest BCUT2D eigenvalue weighted by atomic mass is 9.91. The maximum Gasteiger partial charge on any atom is 0.108 e. The number of hydrogen-bond acceptors (Lipinski definition) is 4. The molecule has 0 saturated carbocycles. The summed E-state index contributed by atoms with van der Waals surface area (Å²) >= 11 is 0. The van der Waals surface area contributed by atoms with E-state index in [4.69, 9.17) is 16.2 Å². The number of aliphatic hydroxyl groups excluding tert-OH is 1. The zero-order valence-electron chi connectivity index (χ0n) is 8.53. The van der Waals surface area contributed by atoms with Gasteiger partial charge in [0.2, 0.25) is 0 Å². The third-order valence-electron chi connectivity index (χ3n) is 3.02. The Labute approximate surface area is 84.0 Å². The largest absolute Gasteiger partial charge is 0.393 e. The van der Waals surface area contributed by atoms with E-state index in [1.165, 1.54) is 0 Å². The number of aliphatic hydroxyl groups is 2. The molecule has 1 aliphatic rings. The van der Waals surface area contributed by atoms with Crippen LogP contribution in [0.25, 0.3) is 0 Å². The number of likely N-dealkylation sites (tertiary alicyclic amines) is 1. The fourth-order valence-corrected chi connectivity index (χ4v) is 1.68. The molecule has 1 fully saturated rings. The van der Waals surface area contributed by atoms with Crippen LogP contribution in [0.2, 0.25) is 0 Å².